The first-order valence-corrected chi connectivity index (χ1v) is 17.5. The van der Waals surface area contributed by atoms with E-state index in [1.807, 2.05) is 30.3 Å². The van der Waals surface area contributed by atoms with E-state index < -0.39 is 0 Å². The number of halogens is 1. The average Bonchev–Trinajstić information content (AvgIpc) is 3.15. The Balaban J connectivity index is 0.000000265. The van der Waals surface area contributed by atoms with Gasteiger partial charge in [0.2, 0.25) is 11.8 Å². The third kappa shape index (κ3) is 11.7. The van der Waals surface area contributed by atoms with Crippen LogP contribution in [0, 0.1) is 11.7 Å². The van der Waals surface area contributed by atoms with E-state index in [-0.39, 0.29) is 39.2 Å². The van der Waals surface area contributed by atoms with E-state index >= 15 is 0 Å². The van der Waals surface area contributed by atoms with Gasteiger partial charge < -0.3 is 20.1 Å². The monoisotopic (exact) mass is 670 g/mol. The van der Waals surface area contributed by atoms with Crippen LogP contribution in [0.3, 0.4) is 0 Å². The molecule has 0 spiro atoms. The zero-order valence-corrected chi connectivity index (χ0v) is 28.3. The summed E-state index contributed by atoms with van der Waals surface area (Å²) in [6, 6.07) is 23.6. The minimum absolute atomic E-state index is 0. The summed E-state index contributed by atoms with van der Waals surface area (Å²) in [6.07, 6.45) is 15.1. The fourth-order valence-electron chi connectivity index (χ4n) is 6.27. The Morgan fingerprint density at radius 2 is 1.31 bits per heavy atom. The number of aromatic nitrogens is 2. The van der Waals surface area contributed by atoms with E-state index in [9.17, 15) is 14.0 Å². The number of nitrogens with one attached hydrogen (secondary N) is 2. The fourth-order valence-corrected chi connectivity index (χ4v) is 6.27. The van der Waals surface area contributed by atoms with Crippen LogP contribution in [0.25, 0.3) is 0 Å². The summed E-state index contributed by atoms with van der Waals surface area (Å²) in [5.74, 6) is 1.10. The summed E-state index contributed by atoms with van der Waals surface area (Å²) in [5.41, 5.74) is 2.93. The van der Waals surface area contributed by atoms with Gasteiger partial charge in [-0.25, -0.2) is 14.4 Å². The second-order valence-electron chi connectivity index (χ2n) is 12.9. The number of pyridine rings is 2. The highest BCUT2D eigenvalue weighted by Crippen LogP contribution is 2.26. The van der Waals surface area contributed by atoms with Crippen LogP contribution >= 0.6 is 0 Å². The van der Waals surface area contributed by atoms with Gasteiger partial charge in [-0.3, -0.25) is 9.59 Å². The largest absolute Gasteiger partial charge is 0.473 e. The van der Waals surface area contributed by atoms with Gasteiger partial charge in [0.15, 0.2) is 0 Å². The number of rotatable bonds is 11. The van der Waals surface area contributed by atoms with Crippen molar-refractivity contribution in [1.29, 1.82) is 0 Å². The van der Waals surface area contributed by atoms with Gasteiger partial charge in [0, 0.05) is 39.5 Å². The molecule has 0 aliphatic heterocycles. The van der Waals surface area contributed by atoms with Crippen molar-refractivity contribution >= 4 is 11.8 Å². The zero-order valence-electron chi connectivity index (χ0n) is 28.3. The first-order chi connectivity index (χ1) is 23.9. The molecule has 2 N–H and O–H groups in total. The third-order valence-electron chi connectivity index (χ3n) is 9.16. The van der Waals surface area contributed by atoms with Crippen LogP contribution in [0.15, 0.2) is 91.3 Å². The molecule has 0 bridgehead atoms. The summed E-state index contributed by atoms with van der Waals surface area (Å²) in [5, 5.41) is 6.18. The number of nitrogens with zero attached hydrogens (tertiary/aromatic N) is 2. The number of carbonyl (C=O) groups excluding carboxylic acids is 2. The molecular formula is C40H51FN4O4. The van der Waals surface area contributed by atoms with Gasteiger partial charge >= 0.3 is 0 Å². The lowest BCUT2D eigenvalue weighted by molar-refractivity contribution is 0.0913. The Kier molecular flexibility index (Phi) is 13.5. The van der Waals surface area contributed by atoms with Crippen LogP contribution in [-0.4, -0.2) is 33.9 Å². The quantitative estimate of drug-likeness (QED) is 0.166. The molecule has 0 radical (unpaired) electrons. The Bertz CT molecular complexity index is 1600. The van der Waals surface area contributed by atoms with E-state index in [1.54, 1.807) is 42.6 Å². The molecule has 2 heterocycles. The van der Waals surface area contributed by atoms with Gasteiger partial charge in [0.05, 0.1) is 11.1 Å². The van der Waals surface area contributed by atoms with E-state index in [4.69, 9.17) is 9.47 Å². The van der Waals surface area contributed by atoms with E-state index in [0.29, 0.717) is 35.4 Å². The maximum Gasteiger partial charge on any atom is 0.253 e. The lowest BCUT2D eigenvalue weighted by Crippen LogP contribution is -2.38. The minimum Gasteiger partial charge on any atom is -0.473 e. The van der Waals surface area contributed by atoms with Gasteiger partial charge in [0.25, 0.3) is 11.8 Å². The van der Waals surface area contributed by atoms with Crippen LogP contribution in [0.2, 0.25) is 0 Å². The van der Waals surface area contributed by atoms with Crippen LogP contribution in [0.5, 0.6) is 11.8 Å². The molecule has 2 aromatic carbocycles. The van der Waals surface area contributed by atoms with E-state index in [0.717, 1.165) is 24.0 Å². The molecular weight excluding hydrogens is 619 g/mol. The molecule has 9 heteroatoms. The van der Waals surface area contributed by atoms with E-state index in [1.165, 1.54) is 69.7 Å². The summed E-state index contributed by atoms with van der Waals surface area (Å²) < 4.78 is 24.3. The van der Waals surface area contributed by atoms with Crippen molar-refractivity contribution in [2.45, 2.75) is 96.4 Å². The molecule has 4 aromatic rings. The van der Waals surface area contributed by atoms with Crippen LogP contribution in [-0.2, 0) is 13.2 Å². The summed E-state index contributed by atoms with van der Waals surface area (Å²) in [6.45, 7) is 2.81. The first kappa shape index (κ1) is 35.5. The third-order valence-corrected chi connectivity index (χ3v) is 9.16. The van der Waals surface area contributed by atoms with Gasteiger partial charge in [-0.1, -0.05) is 81.0 Å². The molecule has 0 unspecified atom stereocenters. The van der Waals surface area contributed by atoms with Crippen molar-refractivity contribution in [3.63, 3.8) is 0 Å². The molecule has 1 atom stereocenters. The predicted octanol–water partition coefficient (Wildman–Crippen LogP) is 8.71. The maximum atomic E-state index is 13.1. The van der Waals surface area contributed by atoms with Crippen molar-refractivity contribution < 1.29 is 26.3 Å². The van der Waals surface area contributed by atoms with Crippen molar-refractivity contribution in [3.05, 3.63) is 119 Å². The van der Waals surface area contributed by atoms with Gasteiger partial charge in [-0.15, -0.1) is 0 Å². The lowest BCUT2D eigenvalue weighted by Gasteiger charge is -2.28. The molecule has 2 fully saturated rings. The lowest BCUT2D eigenvalue weighted by atomic mass is 9.84. The number of carbonyl (C=O) groups is 2. The molecule has 262 valence electrons. The highest BCUT2D eigenvalue weighted by atomic mass is 19.1. The standard InChI is InChI=1S/C21H26N2O2.C19H21FN2O2.2H2/c1-16(18-10-6-3-7-11-18)23-21(24)19-12-13-20(22-14-19)25-15-17-8-4-2-5-9-17;20-16-6-4-5-14(11-16)13-24-18-10-9-15(12-21-18)19(23)22-17-7-2-1-3-8-17;;/h2,4-5,8-9,12-14,16,18H,3,6-7,10-11,15H2,1H3,(H,23,24);4-6,9-12,17H,1-3,7-8,13H2,(H,22,23);2*1H/t16-;;;/m1.../s1. The Hall–Kier alpha value is -4.79. The predicted molar refractivity (Wildman–Crippen MR) is 192 cm³/mol. The Morgan fingerprint density at radius 1 is 0.735 bits per heavy atom. The highest BCUT2D eigenvalue weighted by Gasteiger charge is 2.22. The number of ether oxygens (including phenoxy) is 2. The van der Waals surface area contributed by atoms with Gasteiger partial charge in [-0.2, -0.15) is 0 Å². The van der Waals surface area contributed by atoms with Gasteiger partial charge in [-0.05, 0) is 73.9 Å². The van der Waals surface area contributed by atoms with Crippen molar-refractivity contribution in [2.75, 3.05) is 0 Å². The van der Waals surface area contributed by atoms with Crippen molar-refractivity contribution in [3.8, 4) is 11.8 Å². The Labute approximate surface area is 291 Å². The number of hydrogen-bond donors (Lipinski definition) is 2. The van der Waals surface area contributed by atoms with E-state index in [2.05, 4.69) is 27.5 Å². The molecule has 2 aliphatic carbocycles. The maximum absolute atomic E-state index is 13.1. The van der Waals surface area contributed by atoms with Gasteiger partial charge in [0.1, 0.15) is 19.0 Å². The van der Waals surface area contributed by atoms with Crippen molar-refractivity contribution in [1.82, 2.24) is 20.6 Å². The molecule has 6 rings (SSSR count). The summed E-state index contributed by atoms with van der Waals surface area (Å²) in [4.78, 5) is 33.0. The Morgan fingerprint density at radius 3 is 1.90 bits per heavy atom. The number of amides is 2. The van der Waals surface area contributed by atoms with Crippen LogP contribution < -0.4 is 20.1 Å². The molecule has 49 heavy (non-hydrogen) atoms. The topological polar surface area (TPSA) is 102 Å². The summed E-state index contributed by atoms with van der Waals surface area (Å²) >= 11 is 0. The van der Waals surface area contributed by atoms with Crippen LogP contribution in [0.1, 0.15) is 106 Å². The molecule has 2 saturated carbocycles. The second-order valence-corrected chi connectivity index (χ2v) is 12.9. The summed E-state index contributed by atoms with van der Waals surface area (Å²) in [7, 11) is 0. The average molecular weight is 671 g/mol. The fraction of sp³-hybridized carbons (Fsp3) is 0.400. The molecule has 8 nitrogen and oxygen atoms in total. The normalized spacial score (nSPS) is 15.6. The molecule has 2 aliphatic rings. The van der Waals surface area contributed by atoms with Crippen LogP contribution in [0.4, 0.5) is 4.39 Å². The molecule has 2 amide bonds. The van der Waals surface area contributed by atoms with Crippen molar-refractivity contribution in [2.24, 2.45) is 5.92 Å². The second kappa shape index (κ2) is 18.7. The minimum atomic E-state index is -0.293. The number of benzene rings is 2. The zero-order chi connectivity index (χ0) is 34.3. The first-order valence-electron chi connectivity index (χ1n) is 17.5. The number of hydrogen-bond acceptors (Lipinski definition) is 6. The molecule has 0 saturated heterocycles. The smallest absolute Gasteiger partial charge is 0.253 e. The molecule has 2 aromatic heterocycles. The SMILES string of the molecule is C[C@@H](NC(=O)c1ccc(OCc2ccccc2)nc1)C1CCCCC1.O=C(NC1CCCCC1)c1ccc(OCc2cccc(F)c2)nc1.[HH].[HH]. The highest BCUT2D eigenvalue weighted by molar-refractivity contribution is 5.94.